The van der Waals surface area contributed by atoms with Crippen molar-refractivity contribution in [1.29, 1.82) is 0 Å². The van der Waals surface area contributed by atoms with Crippen LogP contribution in [0.15, 0.2) is 54.9 Å². The summed E-state index contributed by atoms with van der Waals surface area (Å²) in [6, 6.07) is 14.3. The molecule has 0 aliphatic carbocycles. The zero-order valence-corrected chi connectivity index (χ0v) is 11.2. The van der Waals surface area contributed by atoms with E-state index in [1.165, 1.54) is 5.56 Å². The Kier molecular flexibility index (Phi) is 2.49. The third-order valence-corrected chi connectivity index (χ3v) is 3.56. The molecule has 0 radical (unpaired) electrons. The van der Waals surface area contributed by atoms with E-state index in [9.17, 15) is 0 Å². The lowest BCUT2D eigenvalue weighted by atomic mass is 10.1. The van der Waals surface area contributed by atoms with Crippen LogP contribution in [0.4, 0.5) is 22.7 Å². The molecule has 0 fully saturated rings. The van der Waals surface area contributed by atoms with Crippen LogP contribution in [0.5, 0.6) is 0 Å². The highest BCUT2D eigenvalue weighted by Gasteiger charge is 2.29. The molecular formula is C16H17N3. The van der Waals surface area contributed by atoms with E-state index in [0.717, 1.165) is 28.6 Å². The second-order valence-corrected chi connectivity index (χ2v) is 4.86. The normalized spacial score (nSPS) is 13.9. The van der Waals surface area contributed by atoms with E-state index in [-0.39, 0.29) is 0 Å². The van der Waals surface area contributed by atoms with Crippen molar-refractivity contribution in [3.63, 3.8) is 0 Å². The Morgan fingerprint density at radius 1 is 1.00 bits per heavy atom. The van der Waals surface area contributed by atoms with Crippen molar-refractivity contribution in [3.05, 3.63) is 60.4 Å². The number of para-hydroxylation sites is 2. The molecule has 2 aromatic carbocycles. The molecule has 0 bridgehead atoms. The van der Waals surface area contributed by atoms with Gasteiger partial charge >= 0.3 is 0 Å². The highest BCUT2D eigenvalue weighted by atomic mass is 15.4. The molecule has 1 heterocycles. The molecule has 3 heteroatoms. The van der Waals surface area contributed by atoms with Crippen LogP contribution < -0.4 is 15.5 Å². The van der Waals surface area contributed by atoms with Crippen LogP contribution in [-0.2, 0) is 0 Å². The lowest BCUT2D eigenvalue weighted by molar-refractivity contribution is 1.10. The van der Waals surface area contributed by atoms with Crippen LogP contribution in [0.25, 0.3) is 0 Å². The molecule has 3 nitrogen and oxygen atoms in total. The fourth-order valence-corrected chi connectivity index (χ4v) is 2.48. The first-order valence-electron chi connectivity index (χ1n) is 6.27. The predicted molar refractivity (Wildman–Crippen MR) is 81.7 cm³/mol. The molecule has 2 N–H and O–H groups in total. The minimum atomic E-state index is 0.756. The average molecular weight is 251 g/mol. The van der Waals surface area contributed by atoms with Gasteiger partial charge in [0.2, 0.25) is 0 Å². The van der Waals surface area contributed by atoms with E-state index in [0.29, 0.717) is 0 Å². The fraction of sp³-hybridized carbons (Fsp3) is 0.125. The van der Waals surface area contributed by atoms with Gasteiger partial charge in [0, 0.05) is 7.05 Å². The number of nitrogens with two attached hydrogens (primary N) is 1. The summed E-state index contributed by atoms with van der Waals surface area (Å²) in [6.45, 7) is 6.27. The molecule has 19 heavy (non-hydrogen) atoms. The van der Waals surface area contributed by atoms with Gasteiger partial charge in [-0.05, 0) is 36.8 Å². The molecule has 3 rings (SSSR count). The zero-order chi connectivity index (χ0) is 13.6. The standard InChI is InChI=1S/C16H17N3/c1-11-8-9-15-16(10-11)19(12(2)18(15)3)14-7-5-4-6-13(14)17/h4-10H,2,17H2,1,3H3. The molecular weight excluding hydrogens is 234 g/mol. The first-order chi connectivity index (χ1) is 9.09. The van der Waals surface area contributed by atoms with Gasteiger partial charge < -0.3 is 10.6 Å². The quantitative estimate of drug-likeness (QED) is 0.785. The smallest absolute Gasteiger partial charge is 0.110 e. The van der Waals surface area contributed by atoms with Gasteiger partial charge in [0.1, 0.15) is 5.82 Å². The van der Waals surface area contributed by atoms with Gasteiger partial charge in [-0.2, -0.15) is 0 Å². The van der Waals surface area contributed by atoms with Crippen LogP contribution in [0, 0.1) is 6.92 Å². The van der Waals surface area contributed by atoms with Gasteiger partial charge in [0.25, 0.3) is 0 Å². The minimum Gasteiger partial charge on any atom is -0.397 e. The van der Waals surface area contributed by atoms with Crippen molar-refractivity contribution in [2.75, 3.05) is 22.6 Å². The number of aryl methyl sites for hydroxylation is 1. The van der Waals surface area contributed by atoms with Crippen molar-refractivity contribution in [1.82, 2.24) is 0 Å². The van der Waals surface area contributed by atoms with Crippen LogP contribution in [0.1, 0.15) is 5.56 Å². The van der Waals surface area contributed by atoms with Crippen molar-refractivity contribution in [2.24, 2.45) is 0 Å². The molecule has 0 amide bonds. The van der Waals surface area contributed by atoms with Gasteiger partial charge in [-0.1, -0.05) is 24.8 Å². The fourth-order valence-electron chi connectivity index (χ4n) is 2.48. The van der Waals surface area contributed by atoms with E-state index < -0.39 is 0 Å². The largest absolute Gasteiger partial charge is 0.397 e. The maximum Gasteiger partial charge on any atom is 0.110 e. The van der Waals surface area contributed by atoms with Crippen molar-refractivity contribution < 1.29 is 0 Å². The summed E-state index contributed by atoms with van der Waals surface area (Å²) < 4.78 is 0. The maximum absolute atomic E-state index is 6.10. The van der Waals surface area contributed by atoms with Crippen molar-refractivity contribution in [3.8, 4) is 0 Å². The van der Waals surface area contributed by atoms with E-state index in [1.54, 1.807) is 0 Å². The number of nitrogen functional groups attached to an aromatic ring is 1. The maximum atomic E-state index is 6.10. The Morgan fingerprint density at radius 2 is 1.74 bits per heavy atom. The number of nitrogens with zero attached hydrogens (tertiary/aromatic N) is 2. The Morgan fingerprint density at radius 3 is 2.47 bits per heavy atom. The number of rotatable bonds is 1. The number of fused-ring (bicyclic) bond motifs is 1. The van der Waals surface area contributed by atoms with Gasteiger partial charge in [0.05, 0.1) is 22.7 Å². The molecule has 0 saturated heterocycles. The predicted octanol–water partition coefficient (Wildman–Crippen LogP) is 3.64. The van der Waals surface area contributed by atoms with Gasteiger partial charge in [0.15, 0.2) is 0 Å². The lowest BCUT2D eigenvalue weighted by Crippen LogP contribution is -2.21. The topological polar surface area (TPSA) is 32.5 Å². The van der Waals surface area contributed by atoms with Crippen molar-refractivity contribution >= 4 is 22.7 Å². The average Bonchev–Trinajstić information content (AvgIpc) is 2.63. The summed E-state index contributed by atoms with van der Waals surface area (Å²) in [4.78, 5) is 4.19. The highest BCUT2D eigenvalue weighted by molar-refractivity contribution is 5.91. The Hall–Kier alpha value is -2.42. The molecule has 2 aromatic rings. The number of hydrogen-bond donors (Lipinski definition) is 1. The minimum absolute atomic E-state index is 0.756. The third kappa shape index (κ3) is 1.66. The highest BCUT2D eigenvalue weighted by Crippen LogP contribution is 2.46. The molecule has 0 unspecified atom stereocenters. The Labute approximate surface area is 113 Å². The van der Waals surface area contributed by atoms with Gasteiger partial charge in [-0.25, -0.2) is 0 Å². The number of anilines is 4. The molecule has 1 aliphatic rings. The summed E-state index contributed by atoms with van der Waals surface area (Å²) in [5.74, 6) is 0.915. The molecule has 0 spiro atoms. The van der Waals surface area contributed by atoms with E-state index in [2.05, 4.69) is 41.5 Å². The summed E-state index contributed by atoms with van der Waals surface area (Å²) in [5.41, 5.74) is 11.3. The number of benzene rings is 2. The van der Waals surface area contributed by atoms with Crippen LogP contribution in [-0.4, -0.2) is 7.05 Å². The Bertz CT molecular complexity index is 661. The van der Waals surface area contributed by atoms with E-state index in [4.69, 9.17) is 5.73 Å². The first-order valence-corrected chi connectivity index (χ1v) is 6.27. The summed E-state index contributed by atoms with van der Waals surface area (Å²) >= 11 is 0. The molecule has 0 saturated carbocycles. The molecule has 96 valence electrons. The van der Waals surface area contributed by atoms with Crippen LogP contribution in [0.2, 0.25) is 0 Å². The number of hydrogen-bond acceptors (Lipinski definition) is 3. The summed E-state index contributed by atoms with van der Waals surface area (Å²) in [6.07, 6.45) is 0. The first kappa shape index (κ1) is 11.7. The summed E-state index contributed by atoms with van der Waals surface area (Å²) in [5, 5.41) is 0. The lowest BCUT2D eigenvalue weighted by Gasteiger charge is -2.23. The van der Waals surface area contributed by atoms with E-state index >= 15 is 0 Å². The van der Waals surface area contributed by atoms with Crippen LogP contribution >= 0.6 is 0 Å². The van der Waals surface area contributed by atoms with Crippen LogP contribution in [0.3, 0.4) is 0 Å². The summed E-state index contributed by atoms with van der Waals surface area (Å²) in [7, 11) is 2.02. The molecule has 0 aromatic heterocycles. The third-order valence-electron chi connectivity index (χ3n) is 3.56. The SMILES string of the molecule is C=C1N(C)c2ccc(C)cc2N1c1ccccc1N. The second kappa shape index (κ2) is 4.05. The van der Waals surface area contributed by atoms with E-state index in [1.807, 2.05) is 31.3 Å². The van der Waals surface area contributed by atoms with Gasteiger partial charge in [-0.15, -0.1) is 0 Å². The Balaban J connectivity index is 2.21. The van der Waals surface area contributed by atoms with Crippen molar-refractivity contribution in [2.45, 2.75) is 6.92 Å². The zero-order valence-electron chi connectivity index (χ0n) is 11.2. The molecule has 0 atom stereocenters. The van der Waals surface area contributed by atoms with Gasteiger partial charge in [-0.3, -0.25) is 4.90 Å². The second-order valence-electron chi connectivity index (χ2n) is 4.86. The monoisotopic (exact) mass is 251 g/mol. The molecule has 1 aliphatic heterocycles.